The molecule has 0 radical (unpaired) electrons. The monoisotopic (exact) mass is 271 g/mol. The molecule has 0 bridgehead atoms. The maximum Gasteiger partial charge on any atom is 0.245 e. The number of hydrogen-bond acceptors (Lipinski definition) is 7. The van der Waals surface area contributed by atoms with Gasteiger partial charge in [0.1, 0.15) is 12.2 Å². The first-order valence-corrected chi connectivity index (χ1v) is 5.98. The summed E-state index contributed by atoms with van der Waals surface area (Å²) in [6.07, 6.45) is 3.13. The highest BCUT2D eigenvalue weighted by atomic mass is 16.5. The Morgan fingerprint density at radius 1 is 1.25 bits per heavy atom. The third-order valence-corrected chi connectivity index (χ3v) is 2.88. The number of methoxy groups -OCH3 is 1. The molecule has 0 fully saturated rings. The van der Waals surface area contributed by atoms with Crippen LogP contribution in [-0.4, -0.2) is 36.6 Å². The van der Waals surface area contributed by atoms with Crippen LogP contribution in [0.2, 0.25) is 0 Å². The largest absolute Gasteiger partial charge is 0.479 e. The normalized spacial score (nSPS) is 10.9. The molecule has 0 unspecified atom stereocenters. The summed E-state index contributed by atoms with van der Waals surface area (Å²) < 4.78 is 6.92. The van der Waals surface area contributed by atoms with Crippen LogP contribution in [0.15, 0.2) is 18.6 Å². The number of nitrogen functional groups attached to an aromatic ring is 1. The van der Waals surface area contributed by atoms with Crippen molar-refractivity contribution in [1.29, 1.82) is 0 Å². The van der Waals surface area contributed by atoms with Crippen LogP contribution in [0.1, 0.15) is 11.5 Å². The van der Waals surface area contributed by atoms with Crippen molar-refractivity contribution in [3.05, 3.63) is 30.1 Å². The van der Waals surface area contributed by atoms with E-state index in [-0.39, 0.29) is 0 Å². The lowest BCUT2D eigenvalue weighted by Gasteiger charge is -2.05. The Labute approximate surface area is 114 Å². The van der Waals surface area contributed by atoms with Crippen molar-refractivity contribution in [3.63, 3.8) is 0 Å². The average molecular weight is 271 g/mol. The fourth-order valence-corrected chi connectivity index (χ4v) is 1.99. The van der Waals surface area contributed by atoms with E-state index in [1.165, 1.54) is 13.4 Å². The quantitative estimate of drug-likeness (QED) is 0.742. The SMILES string of the molecule is COc1ncnc2c1nc(N)n2Cc1ccnc(C)n1. The molecule has 0 saturated carbocycles. The Hall–Kier alpha value is -2.77. The van der Waals surface area contributed by atoms with E-state index >= 15 is 0 Å². The second-order valence-electron chi connectivity index (χ2n) is 4.21. The molecule has 8 nitrogen and oxygen atoms in total. The second kappa shape index (κ2) is 4.72. The summed E-state index contributed by atoms with van der Waals surface area (Å²) in [6.45, 7) is 2.30. The number of nitrogens with two attached hydrogens (primary N) is 1. The van der Waals surface area contributed by atoms with Gasteiger partial charge in [-0.15, -0.1) is 0 Å². The Bertz CT molecular complexity index is 768. The van der Waals surface area contributed by atoms with E-state index in [1.807, 2.05) is 13.0 Å². The fourth-order valence-electron chi connectivity index (χ4n) is 1.99. The number of ether oxygens (including phenoxy) is 1. The maximum absolute atomic E-state index is 5.95. The van der Waals surface area contributed by atoms with Crippen LogP contribution in [0.3, 0.4) is 0 Å². The van der Waals surface area contributed by atoms with Crippen LogP contribution in [0.5, 0.6) is 5.88 Å². The molecule has 0 aromatic carbocycles. The number of rotatable bonds is 3. The zero-order valence-electron chi connectivity index (χ0n) is 11.1. The summed E-state index contributed by atoms with van der Waals surface area (Å²) in [5, 5.41) is 0. The molecule has 8 heteroatoms. The van der Waals surface area contributed by atoms with E-state index in [0.717, 1.165) is 5.69 Å². The van der Waals surface area contributed by atoms with Crippen molar-refractivity contribution in [3.8, 4) is 5.88 Å². The first kappa shape index (κ1) is 12.3. The minimum atomic E-state index is 0.343. The number of aromatic nitrogens is 6. The Morgan fingerprint density at radius 3 is 2.85 bits per heavy atom. The zero-order chi connectivity index (χ0) is 14.1. The number of nitrogens with zero attached hydrogens (tertiary/aromatic N) is 6. The highest BCUT2D eigenvalue weighted by Gasteiger charge is 2.15. The van der Waals surface area contributed by atoms with Gasteiger partial charge >= 0.3 is 0 Å². The summed E-state index contributed by atoms with van der Waals surface area (Å²) >= 11 is 0. The van der Waals surface area contributed by atoms with Gasteiger partial charge in [-0.05, 0) is 13.0 Å². The van der Waals surface area contributed by atoms with Crippen LogP contribution < -0.4 is 10.5 Å². The molecule has 3 rings (SSSR count). The highest BCUT2D eigenvalue weighted by molar-refractivity contribution is 5.78. The van der Waals surface area contributed by atoms with Gasteiger partial charge in [0.2, 0.25) is 11.8 Å². The number of imidazole rings is 1. The molecule has 0 saturated heterocycles. The van der Waals surface area contributed by atoms with Crippen molar-refractivity contribution in [2.24, 2.45) is 0 Å². The smallest absolute Gasteiger partial charge is 0.245 e. The van der Waals surface area contributed by atoms with Gasteiger partial charge in [0.15, 0.2) is 11.2 Å². The Morgan fingerprint density at radius 2 is 2.10 bits per heavy atom. The predicted molar refractivity (Wildman–Crippen MR) is 72.2 cm³/mol. The first-order valence-electron chi connectivity index (χ1n) is 5.98. The fraction of sp³-hybridized carbons (Fsp3) is 0.250. The molecule has 0 spiro atoms. The third kappa shape index (κ3) is 2.00. The molecule has 0 aliphatic heterocycles. The number of aryl methyl sites for hydroxylation is 1. The third-order valence-electron chi connectivity index (χ3n) is 2.88. The van der Waals surface area contributed by atoms with Crippen LogP contribution >= 0.6 is 0 Å². The minimum Gasteiger partial charge on any atom is -0.479 e. The van der Waals surface area contributed by atoms with Crippen molar-refractivity contribution in [1.82, 2.24) is 29.5 Å². The maximum atomic E-state index is 5.95. The highest BCUT2D eigenvalue weighted by Crippen LogP contribution is 2.23. The molecule has 3 heterocycles. The molecule has 0 aliphatic rings. The van der Waals surface area contributed by atoms with Gasteiger partial charge in [-0.25, -0.2) is 19.9 Å². The average Bonchev–Trinajstić information content (AvgIpc) is 2.75. The number of anilines is 1. The van der Waals surface area contributed by atoms with Gasteiger partial charge < -0.3 is 10.5 Å². The van der Waals surface area contributed by atoms with Crippen LogP contribution in [0, 0.1) is 6.92 Å². The molecule has 20 heavy (non-hydrogen) atoms. The molecular formula is C12H13N7O. The van der Waals surface area contributed by atoms with E-state index in [9.17, 15) is 0 Å². The summed E-state index contributed by atoms with van der Waals surface area (Å²) in [6, 6.07) is 1.83. The minimum absolute atomic E-state index is 0.343. The van der Waals surface area contributed by atoms with E-state index in [4.69, 9.17) is 10.5 Å². The van der Waals surface area contributed by atoms with Gasteiger partial charge in [-0.3, -0.25) is 4.57 Å². The van der Waals surface area contributed by atoms with Gasteiger partial charge in [-0.2, -0.15) is 4.98 Å². The van der Waals surface area contributed by atoms with Crippen molar-refractivity contribution >= 4 is 17.1 Å². The van der Waals surface area contributed by atoms with E-state index < -0.39 is 0 Å². The molecule has 102 valence electrons. The van der Waals surface area contributed by atoms with Gasteiger partial charge in [0.05, 0.1) is 19.3 Å². The molecule has 3 aromatic heterocycles. The van der Waals surface area contributed by atoms with Crippen molar-refractivity contribution < 1.29 is 4.74 Å². The van der Waals surface area contributed by atoms with Crippen molar-refractivity contribution in [2.75, 3.05) is 12.8 Å². The molecule has 0 amide bonds. The lowest BCUT2D eigenvalue weighted by molar-refractivity contribution is 0.401. The van der Waals surface area contributed by atoms with Gasteiger partial charge in [0, 0.05) is 6.20 Å². The molecule has 2 N–H and O–H groups in total. The van der Waals surface area contributed by atoms with E-state index in [2.05, 4.69) is 24.9 Å². The molecule has 0 aliphatic carbocycles. The lowest BCUT2D eigenvalue weighted by Crippen LogP contribution is -2.07. The number of hydrogen-bond donors (Lipinski definition) is 1. The summed E-state index contributed by atoms with van der Waals surface area (Å²) in [5.41, 5.74) is 7.94. The predicted octanol–water partition coefficient (Wildman–Crippen LogP) is 0.564. The first-order chi connectivity index (χ1) is 9.69. The lowest BCUT2D eigenvalue weighted by atomic mass is 10.4. The molecule has 3 aromatic rings. The standard InChI is InChI=1S/C12H13N7O/c1-7-14-4-3-8(17-7)5-19-10-9(18-12(19)13)11(20-2)16-6-15-10/h3-4,6H,5H2,1-2H3,(H2,13,18). The van der Waals surface area contributed by atoms with Crippen LogP contribution in [0.4, 0.5) is 5.95 Å². The Balaban J connectivity index is 2.10. The Kier molecular flexibility index (Phi) is 2.90. The summed E-state index contributed by atoms with van der Waals surface area (Å²) in [4.78, 5) is 20.9. The van der Waals surface area contributed by atoms with Gasteiger partial charge in [0.25, 0.3) is 0 Å². The van der Waals surface area contributed by atoms with Crippen LogP contribution in [0.25, 0.3) is 11.2 Å². The molecule has 0 atom stereocenters. The van der Waals surface area contributed by atoms with Gasteiger partial charge in [-0.1, -0.05) is 0 Å². The second-order valence-corrected chi connectivity index (χ2v) is 4.21. The zero-order valence-corrected chi connectivity index (χ0v) is 11.1. The topological polar surface area (TPSA) is 105 Å². The molecular weight excluding hydrogens is 258 g/mol. The van der Waals surface area contributed by atoms with E-state index in [0.29, 0.717) is 35.4 Å². The summed E-state index contributed by atoms with van der Waals surface area (Å²) in [5.74, 6) is 1.45. The summed E-state index contributed by atoms with van der Waals surface area (Å²) in [7, 11) is 1.53. The van der Waals surface area contributed by atoms with Crippen LogP contribution in [-0.2, 0) is 6.54 Å². The number of fused-ring (bicyclic) bond motifs is 1. The van der Waals surface area contributed by atoms with E-state index in [1.54, 1.807) is 10.8 Å². The van der Waals surface area contributed by atoms with Crippen molar-refractivity contribution in [2.45, 2.75) is 13.5 Å².